The fourth-order valence-corrected chi connectivity index (χ4v) is 3.72. The van der Waals surface area contributed by atoms with Crippen LogP contribution >= 0.6 is 0 Å². The van der Waals surface area contributed by atoms with Crippen molar-refractivity contribution in [2.75, 3.05) is 31.6 Å². The number of anilines is 1. The number of nitrogens with one attached hydrogen (secondary N) is 1. The molecule has 4 nitrogen and oxygen atoms in total. The molecular formula is C19H29N3O. The summed E-state index contributed by atoms with van der Waals surface area (Å²) in [7, 11) is 1.87. The fraction of sp³-hybridized carbons (Fsp3) is 0.632. The minimum Gasteiger partial charge on any atom is -0.315 e. The lowest BCUT2D eigenvalue weighted by molar-refractivity contribution is -0.118. The van der Waals surface area contributed by atoms with Crippen LogP contribution in [0.2, 0.25) is 0 Å². The van der Waals surface area contributed by atoms with Crippen LogP contribution in [0, 0.1) is 0 Å². The van der Waals surface area contributed by atoms with Crippen molar-refractivity contribution in [3.05, 3.63) is 29.3 Å². The van der Waals surface area contributed by atoms with Crippen LogP contribution in [-0.4, -0.2) is 43.0 Å². The molecule has 0 aromatic heterocycles. The first-order valence-electron chi connectivity index (χ1n) is 8.80. The molecule has 0 unspecified atom stereocenters. The zero-order chi connectivity index (χ0) is 16.4. The van der Waals surface area contributed by atoms with E-state index >= 15 is 0 Å². The van der Waals surface area contributed by atoms with Crippen molar-refractivity contribution in [2.45, 2.75) is 51.6 Å². The van der Waals surface area contributed by atoms with Crippen LogP contribution in [0.25, 0.3) is 0 Å². The topological polar surface area (TPSA) is 35.6 Å². The predicted molar refractivity (Wildman–Crippen MR) is 94.8 cm³/mol. The maximum Gasteiger partial charge on any atom is 0.227 e. The smallest absolute Gasteiger partial charge is 0.227 e. The molecule has 0 aliphatic carbocycles. The van der Waals surface area contributed by atoms with Gasteiger partial charge in [-0.25, -0.2) is 0 Å². The number of benzene rings is 1. The number of nitrogens with zero attached hydrogens (tertiary/aromatic N) is 2. The third kappa shape index (κ3) is 3.93. The Morgan fingerprint density at radius 3 is 2.65 bits per heavy atom. The van der Waals surface area contributed by atoms with Crippen LogP contribution in [0.1, 0.15) is 44.2 Å². The number of likely N-dealkylation sites (tertiary alicyclic amines) is 1. The van der Waals surface area contributed by atoms with Crippen molar-refractivity contribution in [3.8, 4) is 0 Å². The van der Waals surface area contributed by atoms with Crippen molar-refractivity contribution in [1.29, 1.82) is 0 Å². The number of rotatable bonds is 5. The summed E-state index contributed by atoms with van der Waals surface area (Å²) in [4.78, 5) is 16.1. The molecule has 0 spiro atoms. The normalized spacial score (nSPS) is 19.3. The van der Waals surface area contributed by atoms with Crippen LogP contribution in [0.5, 0.6) is 0 Å². The molecule has 2 aliphatic rings. The molecule has 1 N–H and O–H groups in total. The molecule has 0 saturated carbocycles. The summed E-state index contributed by atoms with van der Waals surface area (Å²) in [5.74, 6) is 0.218. The van der Waals surface area contributed by atoms with Gasteiger partial charge in [-0.3, -0.25) is 4.79 Å². The average Bonchev–Trinajstić information content (AvgIpc) is 3.01. The van der Waals surface area contributed by atoms with Gasteiger partial charge in [0.2, 0.25) is 5.91 Å². The fourth-order valence-electron chi connectivity index (χ4n) is 3.72. The minimum absolute atomic E-state index is 0.118. The van der Waals surface area contributed by atoms with E-state index in [1.165, 1.54) is 37.1 Å². The van der Waals surface area contributed by atoms with Crippen LogP contribution in [0.4, 0.5) is 5.69 Å². The second-order valence-electron chi connectivity index (χ2n) is 7.64. The molecule has 23 heavy (non-hydrogen) atoms. The van der Waals surface area contributed by atoms with Gasteiger partial charge in [-0.05, 0) is 63.4 Å². The third-order valence-electron chi connectivity index (χ3n) is 5.08. The van der Waals surface area contributed by atoms with Gasteiger partial charge in [0.25, 0.3) is 0 Å². The van der Waals surface area contributed by atoms with E-state index in [1.54, 1.807) is 4.90 Å². The van der Waals surface area contributed by atoms with Crippen molar-refractivity contribution >= 4 is 11.6 Å². The van der Waals surface area contributed by atoms with Gasteiger partial charge in [-0.15, -0.1) is 0 Å². The van der Waals surface area contributed by atoms with E-state index in [4.69, 9.17) is 0 Å². The highest BCUT2D eigenvalue weighted by Crippen LogP contribution is 2.27. The first-order chi connectivity index (χ1) is 10.9. The molecule has 2 aliphatic heterocycles. The highest BCUT2D eigenvalue weighted by Gasteiger charge is 2.24. The highest BCUT2D eigenvalue weighted by atomic mass is 16.2. The Hall–Kier alpha value is -1.39. The lowest BCUT2D eigenvalue weighted by Crippen LogP contribution is -2.48. The van der Waals surface area contributed by atoms with Crippen molar-refractivity contribution < 1.29 is 4.79 Å². The lowest BCUT2D eigenvalue weighted by atomic mass is 9.98. The van der Waals surface area contributed by atoms with E-state index in [2.05, 4.69) is 42.3 Å². The molecule has 0 radical (unpaired) electrons. The van der Waals surface area contributed by atoms with Crippen molar-refractivity contribution in [3.63, 3.8) is 0 Å². The van der Waals surface area contributed by atoms with E-state index in [1.807, 2.05) is 7.05 Å². The first-order valence-corrected chi connectivity index (χ1v) is 8.80. The van der Waals surface area contributed by atoms with Gasteiger partial charge >= 0.3 is 0 Å². The number of carbonyl (C=O) groups excluding carboxylic acids is 1. The lowest BCUT2D eigenvalue weighted by Gasteiger charge is -2.32. The minimum atomic E-state index is 0.118. The molecule has 126 valence electrons. The van der Waals surface area contributed by atoms with Crippen LogP contribution in [0.3, 0.4) is 0 Å². The molecule has 4 heteroatoms. The van der Waals surface area contributed by atoms with E-state index in [-0.39, 0.29) is 11.4 Å². The summed E-state index contributed by atoms with van der Waals surface area (Å²) >= 11 is 0. The maximum atomic E-state index is 11.8. The number of amides is 1. The molecule has 1 fully saturated rings. The first kappa shape index (κ1) is 16.5. The van der Waals surface area contributed by atoms with Crippen LogP contribution < -0.4 is 10.2 Å². The van der Waals surface area contributed by atoms with Gasteiger partial charge in [-0.1, -0.05) is 12.1 Å². The predicted octanol–water partition coefficient (Wildman–Crippen LogP) is 2.56. The number of fused-ring (bicyclic) bond motifs is 1. The summed E-state index contributed by atoms with van der Waals surface area (Å²) in [5.41, 5.74) is 3.79. The van der Waals surface area contributed by atoms with Gasteiger partial charge in [0, 0.05) is 37.8 Å². The quantitative estimate of drug-likeness (QED) is 0.907. The number of hydrogen-bond donors (Lipinski definition) is 1. The van der Waals surface area contributed by atoms with Crippen LogP contribution in [-0.2, 0) is 17.8 Å². The number of carbonyl (C=O) groups is 1. The zero-order valence-corrected chi connectivity index (χ0v) is 14.7. The van der Waals surface area contributed by atoms with Gasteiger partial charge in [-0.2, -0.15) is 0 Å². The molecule has 1 aromatic carbocycles. The van der Waals surface area contributed by atoms with Gasteiger partial charge in [0.05, 0.1) is 0 Å². The highest BCUT2D eigenvalue weighted by molar-refractivity contribution is 5.95. The van der Waals surface area contributed by atoms with Gasteiger partial charge < -0.3 is 15.1 Å². The zero-order valence-electron chi connectivity index (χ0n) is 14.7. The Bertz CT molecular complexity index is 576. The Balaban J connectivity index is 1.61. The van der Waals surface area contributed by atoms with Crippen molar-refractivity contribution in [1.82, 2.24) is 10.2 Å². The molecule has 1 aromatic rings. The monoisotopic (exact) mass is 315 g/mol. The molecular weight excluding hydrogens is 286 g/mol. The van der Waals surface area contributed by atoms with E-state index in [9.17, 15) is 4.79 Å². The molecule has 0 bridgehead atoms. The largest absolute Gasteiger partial charge is 0.315 e. The van der Waals surface area contributed by atoms with E-state index in [0.717, 1.165) is 25.2 Å². The Morgan fingerprint density at radius 2 is 1.91 bits per heavy atom. The Kier molecular flexibility index (Phi) is 4.74. The van der Waals surface area contributed by atoms with Crippen molar-refractivity contribution in [2.24, 2.45) is 0 Å². The summed E-state index contributed by atoms with van der Waals surface area (Å²) in [6.45, 7) is 9.04. The van der Waals surface area contributed by atoms with Crippen LogP contribution in [0.15, 0.2) is 18.2 Å². The number of aryl methyl sites for hydroxylation is 1. The summed E-state index contributed by atoms with van der Waals surface area (Å²) in [5, 5.41) is 3.71. The van der Waals surface area contributed by atoms with Gasteiger partial charge in [0.15, 0.2) is 0 Å². The standard InChI is InChI=1S/C19H29N3O/c1-19(2,14-22-10-4-5-11-22)20-13-15-6-8-17-16(12-15)7-9-18(23)21(17)3/h6,8,12,20H,4-5,7,9-11,13-14H2,1-3H3. The molecule has 0 atom stereocenters. The summed E-state index contributed by atoms with van der Waals surface area (Å²) in [6, 6.07) is 6.50. The second-order valence-corrected chi connectivity index (χ2v) is 7.64. The average molecular weight is 315 g/mol. The second kappa shape index (κ2) is 6.62. The van der Waals surface area contributed by atoms with E-state index in [0.29, 0.717) is 6.42 Å². The molecule has 3 rings (SSSR count). The Labute approximate surface area is 139 Å². The molecule has 1 saturated heterocycles. The Morgan fingerprint density at radius 1 is 1.17 bits per heavy atom. The number of hydrogen-bond acceptors (Lipinski definition) is 3. The molecule has 2 heterocycles. The SMILES string of the molecule is CN1C(=O)CCc2cc(CNC(C)(C)CN3CCCC3)ccc21. The van der Waals surface area contributed by atoms with Gasteiger partial charge in [0.1, 0.15) is 0 Å². The summed E-state index contributed by atoms with van der Waals surface area (Å²) < 4.78 is 0. The molecule has 1 amide bonds. The maximum absolute atomic E-state index is 11.8. The third-order valence-corrected chi connectivity index (χ3v) is 5.08. The summed E-state index contributed by atoms with van der Waals surface area (Å²) in [6.07, 6.45) is 4.17. The van der Waals surface area contributed by atoms with E-state index < -0.39 is 0 Å².